The molecule has 96 valence electrons. The van der Waals surface area contributed by atoms with Gasteiger partial charge in [-0.3, -0.25) is 0 Å². The van der Waals surface area contributed by atoms with E-state index in [1.165, 1.54) is 37.0 Å². The Kier molecular flexibility index (Phi) is 3.71. The number of aromatic nitrogens is 2. The van der Waals surface area contributed by atoms with E-state index in [9.17, 15) is 0 Å². The fourth-order valence-corrected chi connectivity index (χ4v) is 3.62. The lowest BCUT2D eigenvalue weighted by Gasteiger charge is -2.23. The fourth-order valence-electron chi connectivity index (χ4n) is 2.73. The SMILES string of the molecule is c1csc(C(NCc2ncon2)C2CCCC2)c1. The molecular formula is C13H17N3OS. The molecule has 3 rings (SSSR count). The maximum Gasteiger partial charge on any atom is 0.213 e. The second-order valence-electron chi connectivity index (χ2n) is 4.77. The minimum Gasteiger partial charge on any atom is -0.343 e. The molecule has 0 saturated heterocycles. The third-order valence-electron chi connectivity index (χ3n) is 3.61. The molecule has 0 aliphatic heterocycles. The summed E-state index contributed by atoms with van der Waals surface area (Å²) in [5.41, 5.74) is 0. The average molecular weight is 263 g/mol. The van der Waals surface area contributed by atoms with Gasteiger partial charge in [-0.2, -0.15) is 4.98 Å². The number of rotatable bonds is 5. The van der Waals surface area contributed by atoms with Gasteiger partial charge in [0.05, 0.1) is 6.54 Å². The highest BCUT2D eigenvalue weighted by molar-refractivity contribution is 7.10. The summed E-state index contributed by atoms with van der Waals surface area (Å²) in [6.07, 6.45) is 6.74. The van der Waals surface area contributed by atoms with Crippen molar-refractivity contribution in [2.45, 2.75) is 38.3 Å². The molecule has 1 fully saturated rings. The minimum absolute atomic E-state index is 0.436. The fraction of sp³-hybridized carbons (Fsp3) is 0.538. The van der Waals surface area contributed by atoms with E-state index < -0.39 is 0 Å². The monoisotopic (exact) mass is 263 g/mol. The summed E-state index contributed by atoms with van der Waals surface area (Å²) in [4.78, 5) is 5.48. The second-order valence-corrected chi connectivity index (χ2v) is 5.75. The number of hydrogen-bond donors (Lipinski definition) is 1. The maximum atomic E-state index is 4.76. The van der Waals surface area contributed by atoms with Gasteiger partial charge < -0.3 is 9.84 Å². The van der Waals surface area contributed by atoms with Crippen molar-refractivity contribution in [3.05, 3.63) is 34.6 Å². The van der Waals surface area contributed by atoms with E-state index in [0.717, 1.165) is 11.7 Å². The quantitative estimate of drug-likeness (QED) is 0.900. The topological polar surface area (TPSA) is 51.0 Å². The summed E-state index contributed by atoms with van der Waals surface area (Å²) in [6.45, 7) is 0.676. The van der Waals surface area contributed by atoms with Gasteiger partial charge in [0, 0.05) is 10.9 Å². The molecule has 1 aliphatic rings. The Morgan fingerprint density at radius 1 is 1.44 bits per heavy atom. The van der Waals surface area contributed by atoms with Crippen molar-refractivity contribution < 1.29 is 4.52 Å². The Morgan fingerprint density at radius 3 is 3.00 bits per heavy atom. The first-order chi connectivity index (χ1) is 8.93. The lowest BCUT2D eigenvalue weighted by molar-refractivity contribution is 0.359. The molecule has 1 atom stereocenters. The van der Waals surface area contributed by atoms with E-state index in [2.05, 4.69) is 33.0 Å². The Labute approximate surface area is 110 Å². The maximum absolute atomic E-state index is 4.76. The van der Waals surface area contributed by atoms with Gasteiger partial charge in [0.15, 0.2) is 5.82 Å². The van der Waals surface area contributed by atoms with Gasteiger partial charge in [-0.25, -0.2) is 0 Å². The minimum atomic E-state index is 0.436. The van der Waals surface area contributed by atoms with Gasteiger partial charge in [-0.15, -0.1) is 11.3 Å². The van der Waals surface area contributed by atoms with Crippen molar-refractivity contribution in [2.24, 2.45) is 5.92 Å². The van der Waals surface area contributed by atoms with Crippen LogP contribution in [0.2, 0.25) is 0 Å². The average Bonchev–Trinajstić information content (AvgIpc) is 3.14. The number of thiophene rings is 1. The Bertz CT molecular complexity index is 449. The molecule has 2 aromatic rings. The van der Waals surface area contributed by atoms with Crippen LogP contribution in [0.5, 0.6) is 0 Å². The van der Waals surface area contributed by atoms with Crippen LogP contribution in [-0.4, -0.2) is 10.1 Å². The largest absolute Gasteiger partial charge is 0.343 e. The van der Waals surface area contributed by atoms with E-state index in [-0.39, 0.29) is 0 Å². The molecule has 0 aromatic carbocycles. The summed E-state index contributed by atoms with van der Waals surface area (Å²) in [6, 6.07) is 4.78. The molecular weight excluding hydrogens is 246 g/mol. The highest BCUT2D eigenvalue weighted by atomic mass is 32.1. The molecule has 1 saturated carbocycles. The molecule has 0 amide bonds. The zero-order valence-corrected chi connectivity index (χ0v) is 11.0. The molecule has 1 unspecified atom stereocenters. The van der Waals surface area contributed by atoms with Crippen LogP contribution in [0.4, 0.5) is 0 Å². The van der Waals surface area contributed by atoms with Crippen LogP contribution in [-0.2, 0) is 6.54 Å². The van der Waals surface area contributed by atoms with Crippen LogP contribution in [0.25, 0.3) is 0 Å². The van der Waals surface area contributed by atoms with Gasteiger partial charge >= 0.3 is 0 Å². The van der Waals surface area contributed by atoms with Crippen LogP contribution in [0.3, 0.4) is 0 Å². The van der Waals surface area contributed by atoms with Gasteiger partial charge in [0.2, 0.25) is 6.39 Å². The normalized spacial score (nSPS) is 18.2. The van der Waals surface area contributed by atoms with Crippen molar-refractivity contribution in [1.82, 2.24) is 15.5 Å². The van der Waals surface area contributed by atoms with Crippen molar-refractivity contribution >= 4 is 11.3 Å². The molecule has 0 bridgehead atoms. The van der Waals surface area contributed by atoms with Crippen LogP contribution >= 0.6 is 11.3 Å². The van der Waals surface area contributed by atoms with Crippen molar-refractivity contribution in [1.29, 1.82) is 0 Å². The van der Waals surface area contributed by atoms with Crippen LogP contribution in [0, 0.1) is 5.92 Å². The van der Waals surface area contributed by atoms with Gasteiger partial charge in [0.1, 0.15) is 0 Å². The van der Waals surface area contributed by atoms with Crippen molar-refractivity contribution in [3.63, 3.8) is 0 Å². The number of nitrogens with one attached hydrogen (secondary N) is 1. The van der Waals surface area contributed by atoms with Crippen LogP contribution in [0.15, 0.2) is 28.4 Å². The smallest absolute Gasteiger partial charge is 0.213 e. The lowest BCUT2D eigenvalue weighted by atomic mass is 9.97. The molecule has 1 N–H and O–H groups in total. The van der Waals surface area contributed by atoms with E-state index in [1.807, 2.05) is 11.3 Å². The van der Waals surface area contributed by atoms with Gasteiger partial charge in [-0.05, 0) is 30.2 Å². The summed E-state index contributed by atoms with van der Waals surface area (Å²) < 4.78 is 4.76. The zero-order chi connectivity index (χ0) is 12.2. The van der Waals surface area contributed by atoms with Gasteiger partial charge in [-0.1, -0.05) is 24.1 Å². The predicted molar refractivity (Wildman–Crippen MR) is 70.2 cm³/mol. The highest BCUT2D eigenvalue weighted by Gasteiger charge is 2.26. The van der Waals surface area contributed by atoms with Crippen LogP contribution in [0.1, 0.15) is 42.4 Å². The van der Waals surface area contributed by atoms with E-state index in [0.29, 0.717) is 12.6 Å². The summed E-state index contributed by atoms with van der Waals surface area (Å²) >= 11 is 1.83. The molecule has 5 heteroatoms. The van der Waals surface area contributed by atoms with Gasteiger partial charge in [0.25, 0.3) is 0 Å². The molecule has 0 spiro atoms. The zero-order valence-electron chi connectivity index (χ0n) is 10.2. The summed E-state index contributed by atoms with van der Waals surface area (Å²) in [5.74, 6) is 1.48. The molecule has 2 aromatic heterocycles. The highest BCUT2D eigenvalue weighted by Crippen LogP contribution is 2.37. The lowest BCUT2D eigenvalue weighted by Crippen LogP contribution is -2.26. The number of nitrogens with zero attached hydrogens (tertiary/aromatic N) is 2. The number of hydrogen-bond acceptors (Lipinski definition) is 5. The Balaban J connectivity index is 1.69. The van der Waals surface area contributed by atoms with E-state index in [1.54, 1.807) is 0 Å². The summed E-state index contributed by atoms with van der Waals surface area (Å²) in [7, 11) is 0. The first kappa shape index (κ1) is 11.9. The Morgan fingerprint density at radius 2 is 2.33 bits per heavy atom. The van der Waals surface area contributed by atoms with E-state index in [4.69, 9.17) is 4.52 Å². The molecule has 4 nitrogen and oxygen atoms in total. The molecule has 1 aliphatic carbocycles. The predicted octanol–water partition coefficient (Wildman–Crippen LogP) is 3.15. The Hall–Kier alpha value is -1.20. The summed E-state index contributed by atoms with van der Waals surface area (Å²) in [5, 5.41) is 9.59. The molecule has 0 radical (unpaired) electrons. The van der Waals surface area contributed by atoms with Crippen molar-refractivity contribution in [2.75, 3.05) is 0 Å². The van der Waals surface area contributed by atoms with Crippen molar-refractivity contribution in [3.8, 4) is 0 Å². The molecule has 2 heterocycles. The third-order valence-corrected chi connectivity index (χ3v) is 4.56. The third kappa shape index (κ3) is 2.62. The second kappa shape index (κ2) is 5.63. The first-order valence-electron chi connectivity index (χ1n) is 6.45. The van der Waals surface area contributed by atoms with E-state index >= 15 is 0 Å². The first-order valence-corrected chi connectivity index (χ1v) is 7.33. The standard InChI is InChI=1S/C13H17N3OS/c1-2-5-10(4-1)13(11-6-3-7-18-11)14-8-12-15-9-17-16-12/h3,6-7,9-10,13-14H,1-2,4-5,8H2. The molecule has 18 heavy (non-hydrogen) atoms. The van der Waals surface area contributed by atoms with Crippen LogP contribution < -0.4 is 5.32 Å².